The van der Waals surface area contributed by atoms with Crippen LogP contribution in [0.15, 0.2) is 0 Å². The summed E-state index contributed by atoms with van der Waals surface area (Å²) in [5.41, 5.74) is 10.1. The smallest absolute Gasteiger partial charge is 0.249 e. The summed E-state index contributed by atoms with van der Waals surface area (Å²) in [6.07, 6.45) is -0.264. The van der Waals surface area contributed by atoms with Crippen LogP contribution in [-0.2, 0) is 0 Å². The van der Waals surface area contributed by atoms with Crippen molar-refractivity contribution in [3.63, 3.8) is 0 Å². The first kappa shape index (κ1) is 11.1. The van der Waals surface area contributed by atoms with Crippen LogP contribution in [0.5, 0.6) is 0 Å². The zero-order chi connectivity index (χ0) is 7.83. The van der Waals surface area contributed by atoms with Gasteiger partial charge in [0.05, 0.1) is 0 Å². The Kier molecular flexibility index (Phi) is 3.23. The fourth-order valence-electron chi connectivity index (χ4n) is 1.42. The molecule has 0 amide bonds. The molecule has 2 nitrogen and oxygen atoms in total. The third-order valence-corrected chi connectivity index (χ3v) is 2.13. The molecule has 1 rings (SSSR count). The molecular weight excluding hydrogens is 174 g/mol. The van der Waals surface area contributed by atoms with Gasteiger partial charge in [-0.15, -0.1) is 12.4 Å². The minimum absolute atomic E-state index is 0. The summed E-state index contributed by atoms with van der Waals surface area (Å²) >= 11 is 0. The molecule has 0 aromatic heterocycles. The van der Waals surface area contributed by atoms with Crippen LogP contribution < -0.4 is 11.5 Å². The molecule has 1 aliphatic rings. The molecule has 1 aliphatic carbocycles. The highest BCUT2D eigenvalue weighted by Gasteiger charge is 2.54. The van der Waals surface area contributed by atoms with E-state index in [-0.39, 0.29) is 38.3 Å². The average molecular weight is 187 g/mol. The lowest BCUT2D eigenvalue weighted by atomic mass is 9.66. The van der Waals surface area contributed by atoms with Crippen molar-refractivity contribution >= 4 is 12.4 Å². The summed E-state index contributed by atoms with van der Waals surface area (Å²) in [5, 5.41) is 0. The van der Waals surface area contributed by atoms with E-state index in [1.165, 1.54) is 0 Å². The second-order valence-electron chi connectivity index (χ2n) is 3.12. The predicted molar refractivity (Wildman–Crippen MR) is 42.0 cm³/mol. The second-order valence-corrected chi connectivity index (χ2v) is 3.12. The van der Waals surface area contributed by atoms with Crippen LogP contribution >= 0.6 is 12.4 Å². The quantitative estimate of drug-likeness (QED) is 0.669. The monoisotopic (exact) mass is 186 g/mol. The van der Waals surface area contributed by atoms with Crippen molar-refractivity contribution in [1.82, 2.24) is 0 Å². The van der Waals surface area contributed by atoms with Gasteiger partial charge in [0.2, 0.25) is 5.92 Å². The normalized spacial score (nSPS) is 25.1. The van der Waals surface area contributed by atoms with Gasteiger partial charge in [-0.25, -0.2) is 8.78 Å². The van der Waals surface area contributed by atoms with Crippen LogP contribution in [0, 0.1) is 5.41 Å². The van der Waals surface area contributed by atoms with E-state index in [1.54, 1.807) is 0 Å². The standard InChI is InChI=1S/C6H12F2N2.ClH/c7-6(8)1-5(2-6,3-9)4-10;/h1-4,9-10H2;1H. The van der Waals surface area contributed by atoms with Gasteiger partial charge in [0.1, 0.15) is 0 Å². The maximum atomic E-state index is 12.3. The molecule has 11 heavy (non-hydrogen) atoms. The Labute approximate surface area is 70.7 Å². The molecule has 0 heterocycles. The van der Waals surface area contributed by atoms with Crippen LogP contribution in [0.25, 0.3) is 0 Å². The van der Waals surface area contributed by atoms with Crippen molar-refractivity contribution in [3.8, 4) is 0 Å². The summed E-state index contributed by atoms with van der Waals surface area (Å²) in [4.78, 5) is 0. The molecule has 0 saturated heterocycles. The summed E-state index contributed by atoms with van der Waals surface area (Å²) in [6.45, 7) is 0.554. The predicted octanol–water partition coefficient (Wildman–Crippen LogP) is 0.741. The van der Waals surface area contributed by atoms with Crippen LogP contribution in [0.4, 0.5) is 8.78 Å². The molecule has 68 valence electrons. The van der Waals surface area contributed by atoms with E-state index in [0.717, 1.165) is 0 Å². The van der Waals surface area contributed by atoms with Crippen molar-refractivity contribution in [1.29, 1.82) is 0 Å². The first-order chi connectivity index (χ1) is 4.54. The van der Waals surface area contributed by atoms with Gasteiger partial charge in [0.15, 0.2) is 0 Å². The summed E-state index contributed by atoms with van der Waals surface area (Å²) in [6, 6.07) is 0. The maximum absolute atomic E-state index is 12.3. The minimum Gasteiger partial charge on any atom is -0.330 e. The van der Waals surface area contributed by atoms with E-state index in [2.05, 4.69) is 0 Å². The molecule has 5 heteroatoms. The third-order valence-electron chi connectivity index (χ3n) is 2.13. The van der Waals surface area contributed by atoms with Gasteiger partial charge in [-0.3, -0.25) is 0 Å². The zero-order valence-corrected chi connectivity index (χ0v) is 6.96. The number of halogens is 3. The Bertz CT molecular complexity index is 127. The van der Waals surface area contributed by atoms with Crippen molar-refractivity contribution < 1.29 is 8.78 Å². The molecule has 0 radical (unpaired) electrons. The van der Waals surface area contributed by atoms with Gasteiger partial charge in [-0.1, -0.05) is 0 Å². The lowest BCUT2D eigenvalue weighted by Gasteiger charge is -2.45. The summed E-state index contributed by atoms with van der Waals surface area (Å²) < 4.78 is 24.6. The topological polar surface area (TPSA) is 52.0 Å². The lowest BCUT2D eigenvalue weighted by molar-refractivity contribution is -0.153. The molecule has 0 unspecified atom stereocenters. The highest BCUT2D eigenvalue weighted by atomic mass is 35.5. The first-order valence-corrected chi connectivity index (χ1v) is 3.32. The maximum Gasteiger partial charge on any atom is 0.249 e. The second kappa shape index (κ2) is 3.21. The fraction of sp³-hybridized carbons (Fsp3) is 1.00. The molecule has 4 N–H and O–H groups in total. The molecule has 0 atom stereocenters. The van der Waals surface area contributed by atoms with Crippen LogP contribution in [0.1, 0.15) is 12.8 Å². The molecule has 1 fully saturated rings. The first-order valence-electron chi connectivity index (χ1n) is 3.32. The van der Waals surface area contributed by atoms with E-state index in [9.17, 15) is 8.78 Å². The highest BCUT2D eigenvalue weighted by molar-refractivity contribution is 5.85. The van der Waals surface area contributed by atoms with E-state index >= 15 is 0 Å². The van der Waals surface area contributed by atoms with Gasteiger partial charge in [0.25, 0.3) is 0 Å². The largest absolute Gasteiger partial charge is 0.330 e. The van der Waals surface area contributed by atoms with Crippen molar-refractivity contribution in [3.05, 3.63) is 0 Å². The van der Waals surface area contributed by atoms with Gasteiger partial charge in [-0.2, -0.15) is 0 Å². The molecule has 0 aromatic carbocycles. The number of rotatable bonds is 2. The van der Waals surface area contributed by atoms with E-state index in [1.807, 2.05) is 0 Å². The van der Waals surface area contributed by atoms with Gasteiger partial charge >= 0.3 is 0 Å². The Morgan fingerprint density at radius 2 is 1.45 bits per heavy atom. The third kappa shape index (κ3) is 2.01. The molecule has 1 saturated carbocycles. The van der Waals surface area contributed by atoms with E-state index in [0.29, 0.717) is 0 Å². The molecule has 0 aliphatic heterocycles. The van der Waals surface area contributed by atoms with E-state index in [4.69, 9.17) is 11.5 Å². The molecule has 0 bridgehead atoms. The number of hydrogen-bond acceptors (Lipinski definition) is 2. The van der Waals surface area contributed by atoms with Crippen LogP contribution in [0.3, 0.4) is 0 Å². The molecule has 0 aromatic rings. The number of alkyl halides is 2. The van der Waals surface area contributed by atoms with Crippen LogP contribution in [0.2, 0.25) is 0 Å². The Hall–Kier alpha value is 0.0700. The minimum atomic E-state index is -2.50. The fourth-order valence-corrected chi connectivity index (χ4v) is 1.42. The highest BCUT2D eigenvalue weighted by Crippen LogP contribution is 2.50. The Morgan fingerprint density at radius 1 is 1.09 bits per heavy atom. The zero-order valence-electron chi connectivity index (χ0n) is 6.15. The van der Waals surface area contributed by atoms with Gasteiger partial charge in [-0.05, 0) is 13.1 Å². The summed E-state index contributed by atoms with van der Waals surface area (Å²) in [5.74, 6) is -2.50. The van der Waals surface area contributed by atoms with Gasteiger partial charge in [0, 0.05) is 18.3 Å². The van der Waals surface area contributed by atoms with Crippen molar-refractivity contribution in [2.24, 2.45) is 16.9 Å². The Balaban J connectivity index is 0.000001000. The van der Waals surface area contributed by atoms with Gasteiger partial charge < -0.3 is 11.5 Å². The van der Waals surface area contributed by atoms with Crippen LogP contribution in [-0.4, -0.2) is 19.0 Å². The summed E-state index contributed by atoms with van der Waals surface area (Å²) in [7, 11) is 0. The molecule has 0 spiro atoms. The van der Waals surface area contributed by atoms with Crippen molar-refractivity contribution in [2.75, 3.05) is 13.1 Å². The number of hydrogen-bond donors (Lipinski definition) is 2. The van der Waals surface area contributed by atoms with E-state index < -0.39 is 11.3 Å². The number of nitrogens with two attached hydrogens (primary N) is 2. The van der Waals surface area contributed by atoms with Crippen molar-refractivity contribution in [2.45, 2.75) is 18.8 Å². The molecular formula is C6H13ClF2N2. The lowest BCUT2D eigenvalue weighted by Crippen LogP contribution is -2.54. The average Bonchev–Trinajstić information content (AvgIpc) is 1.82. The Morgan fingerprint density at radius 3 is 1.55 bits per heavy atom. The SMILES string of the molecule is Cl.NCC1(CN)CC(F)(F)C1.